The zero-order chi connectivity index (χ0) is 17.5. The molecule has 1 aromatic heterocycles. The van der Waals surface area contributed by atoms with Crippen LogP contribution in [0.1, 0.15) is 50.1 Å². The van der Waals surface area contributed by atoms with Gasteiger partial charge in [-0.1, -0.05) is 20.3 Å². The zero-order valence-corrected chi connectivity index (χ0v) is 14.8. The molecule has 2 heterocycles. The van der Waals surface area contributed by atoms with Gasteiger partial charge in [-0.25, -0.2) is 0 Å². The number of carbonyl (C=O) groups is 2. The van der Waals surface area contributed by atoms with Gasteiger partial charge in [0, 0.05) is 31.4 Å². The Morgan fingerprint density at radius 3 is 2.67 bits per heavy atom. The van der Waals surface area contributed by atoms with Crippen LogP contribution in [0.5, 0.6) is 0 Å². The Morgan fingerprint density at radius 2 is 2.08 bits per heavy atom. The van der Waals surface area contributed by atoms with E-state index in [1.807, 2.05) is 11.7 Å². The smallest absolute Gasteiger partial charge is 0.311 e. The molecule has 24 heavy (non-hydrogen) atoms. The van der Waals surface area contributed by atoms with Crippen LogP contribution in [0.3, 0.4) is 0 Å². The van der Waals surface area contributed by atoms with Crippen molar-refractivity contribution >= 4 is 11.9 Å². The molecule has 132 valence electrons. The number of carboxylic acids is 1. The number of nitrogens with zero attached hydrogens (tertiary/aromatic N) is 3. The maximum absolute atomic E-state index is 12.9. The van der Waals surface area contributed by atoms with Crippen LogP contribution < -0.4 is 0 Å². The van der Waals surface area contributed by atoms with Crippen LogP contribution in [-0.2, 0) is 35.9 Å². The third-order valence-corrected chi connectivity index (χ3v) is 6.01. The third-order valence-electron chi connectivity index (χ3n) is 6.01. The number of fused-ring (bicyclic) bond motifs is 1. The molecule has 6 heteroatoms. The van der Waals surface area contributed by atoms with Crippen molar-refractivity contribution in [3.8, 4) is 0 Å². The number of hydrogen-bond donors (Lipinski definition) is 1. The van der Waals surface area contributed by atoms with E-state index >= 15 is 0 Å². The number of aliphatic carboxylic acids is 1. The zero-order valence-electron chi connectivity index (χ0n) is 14.8. The van der Waals surface area contributed by atoms with Gasteiger partial charge in [0.15, 0.2) is 0 Å². The van der Waals surface area contributed by atoms with E-state index in [1.165, 1.54) is 0 Å². The minimum Gasteiger partial charge on any atom is -0.481 e. The number of rotatable bonds is 5. The average Bonchev–Trinajstić information content (AvgIpc) is 3.17. The molecule has 0 spiro atoms. The summed E-state index contributed by atoms with van der Waals surface area (Å²) in [6, 6.07) is 0. The Morgan fingerprint density at radius 1 is 1.33 bits per heavy atom. The lowest BCUT2D eigenvalue weighted by Gasteiger charge is -2.23. The van der Waals surface area contributed by atoms with Crippen molar-refractivity contribution in [2.75, 3.05) is 13.1 Å². The lowest BCUT2D eigenvalue weighted by Crippen LogP contribution is -2.37. The number of amides is 1. The Bertz CT molecular complexity index is 667. The van der Waals surface area contributed by atoms with Crippen molar-refractivity contribution in [1.82, 2.24) is 14.7 Å². The second-order valence-corrected chi connectivity index (χ2v) is 7.20. The van der Waals surface area contributed by atoms with Crippen LogP contribution in [0.15, 0.2) is 0 Å². The van der Waals surface area contributed by atoms with E-state index in [-0.39, 0.29) is 11.8 Å². The molecule has 0 bridgehead atoms. The topological polar surface area (TPSA) is 75.4 Å². The highest BCUT2D eigenvalue weighted by Crippen LogP contribution is 2.49. The van der Waals surface area contributed by atoms with E-state index in [0.717, 1.165) is 42.6 Å². The molecule has 1 aromatic rings. The number of aromatic nitrogens is 2. The van der Waals surface area contributed by atoms with Crippen molar-refractivity contribution in [1.29, 1.82) is 0 Å². The predicted octanol–water partition coefficient (Wildman–Crippen LogP) is 1.80. The molecular formula is C18H27N3O3. The van der Waals surface area contributed by atoms with Crippen molar-refractivity contribution in [2.24, 2.45) is 18.4 Å². The van der Waals surface area contributed by atoms with Gasteiger partial charge in [-0.15, -0.1) is 0 Å². The van der Waals surface area contributed by atoms with Crippen molar-refractivity contribution < 1.29 is 14.7 Å². The molecular weight excluding hydrogens is 306 g/mol. The lowest BCUT2D eigenvalue weighted by atomic mass is 9.81. The van der Waals surface area contributed by atoms with Gasteiger partial charge in [0.05, 0.1) is 17.5 Å². The van der Waals surface area contributed by atoms with E-state index in [1.54, 1.807) is 4.90 Å². The first-order valence-corrected chi connectivity index (χ1v) is 8.97. The SMILES string of the molecule is CCc1nn(C)c(CC)c1CC(=O)N1C[C@@H]2CCC[C@@]2(C(=O)O)C1. The largest absolute Gasteiger partial charge is 0.481 e. The van der Waals surface area contributed by atoms with Crippen LogP contribution in [0.2, 0.25) is 0 Å². The molecule has 1 aliphatic heterocycles. The van der Waals surface area contributed by atoms with Gasteiger partial charge >= 0.3 is 5.97 Å². The Balaban J connectivity index is 1.79. The van der Waals surface area contributed by atoms with E-state index in [9.17, 15) is 14.7 Å². The Labute approximate surface area is 142 Å². The summed E-state index contributed by atoms with van der Waals surface area (Å²) >= 11 is 0. The van der Waals surface area contributed by atoms with Gasteiger partial charge in [0.2, 0.25) is 5.91 Å². The first kappa shape index (κ1) is 17.0. The van der Waals surface area contributed by atoms with Gasteiger partial charge in [-0.2, -0.15) is 5.10 Å². The molecule has 3 rings (SSSR count). The highest BCUT2D eigenvalue weighted by atomic mass is 16.4. The van der Waals surface area contributed by atoms with Gasteiger partial charge < -0.3 is 10.0 Å². The minimum atomic E-state index is -0.731. The molecule has 1 saturated carbocycles. The molecule has 1 N–H and O–H groups in total. The maximum Gasteiger partial charge on any atom is 0.311 e. The molecule has 0 aromatic carbocycles. The van der Waals surface area contributed by atoms with Gasteiger partial charge in [0.25, 0.3) is 0 Å². The molecule has 1 saturated heterocycles. The number of carboxylic acid groups (broad SMARTS) is 1. The first-order chi connectivity index (χ1) is 11.4. The quantitative estimate of drug-likeness (QED) is 0.891. The van der Waals surface area contributed by atoms with Gasteiger partial charge in [-0.05, 0) is 31.6 Å². The summed E-state index contributed by atoms with van der Waals surface area (Å²) in [7, 11) is 1.92. The summed E-state index contributed by atoms with van der Waals surface area (Å²) in [5.41, 5.74) is 2.42. The number of aryl methyl sites for hydroxylation is 2. The van der Waals surface area contributed by atoms with Crippen LogP contribution in [0, 0.1) is 11.3 Å². The van der Waals surface area contributed by atoms with Crippen molar-refractivity contribution in [3.63, 3.8) is 0 Å². The van der Waals surface area contributed by atoms with E-state index in [2.05, 4.69) is 18.9 Å². The molecule has 1 amide bonds. The van der Waals surface area contributed by atoms with E-state index < -0.39 is 11.4 Å². The maximum atomic E-state index is 12.9. The van der Waals surface area contributed by atoms with Crippen LogP contribution in [-0.4, -0.2) is 44.8 Å². The van der Waals surface area contributed by atoms with Crippen molar-refractivity contribution in [3.05, 3.63) is 17.0 Å². The molecule has 0 unspecified atom stereocenters. The summed E-state index contributed by atoms with van der Waals surface area (Å²) in [6.45, 7) is 5.09. The molecule has 2 atom stereocenters. The lowest BCUT2D eigenvalue weighted by molar-refractivity contribution is -0.149. The number of likely N-dealkylation sites (tertiary alicyclic amines) is 1. The third kappa shape index (κ3) is 2.52. The number of hydrogen-bond acceptors (Lipinski definition) is 3. The molecule has 1 aliphatic carbocycles. The summed E-state index contributed by atoms with van der Waals surface area (Å²) in [5, 5.41) is 14.2. The van der Waals surface area contributed by atoms with Crippen LogP contribution >= 0.6 is 0 Å². The standard InChI is InChI=1S/C18H27N3O3/c1-4-14-13(15(5-2)20(3)19-14)9-16(22)21-10-12-7-6-8-18(12,11-21)17(23)24/h12H,4-11H2,1-3H3,(H,23,24)/t12-,18+/m0/s1. The molecule has 6 nitrogen and oxygen atoms in total. The summed E-state index contributed by atoms with van der Waals surface area (Å²) in [4.78, 5) is 26.4. The molecule has 2 fully saturated rings. The molecule has 2 aliphatic rings. The van der Waals surface area contributed by atoms with E-state index in [4.69, 9.17) is 0 Å². The monoisotopic (exact) mass is 333 g/mol. The van der Waals surface area contributed by atoms with Crippen LogP contribution in [0.25, 0.3) is 0 Å². The van der Waals surface area contributed by atoms with Crippen LogP contribution in [0.4, 0.5) is 0 Å². The molecule has 0 radical (unpaired) electrons. The summed E-state index contributed by atoms with van der Waals surface area (Å²) < 4.78 is 1.87. The first-order valence-electron chi connectivity index (χ1n) is 8.97. The fourth-order valence-corrected chi connectivity index (χ4v) is 4.69. The summed E-state index contributed by atoms with van der Waals surface area (Å²) in [5.74, 6) is -0.572. The minimum absolute atomic E-state index is 0.0439. The fraction of sp³-hybridized carbons (Fsp3) is 0.722. The highest BCUT2D eigenvalue weighted by Gasteiger charge is 2.55. The average molecular weight is 333 g/mol. The van der Waals surface area contributed by atoms with E-state index in [0.29, 0.717) is 25.9 Å². The number of carbonyl (C=O) groups excluding carboxylic acids is 1. The second kappa shape index (κ2) is 6.22. The summed E-state index contributed by atoms with van der Waals surface area (Å²) in [6.07, 6.45) is 4.56. The fourth-order valence-electron chi connectivity index (χ4n) is 4.69. The Hall–Kier alpha value is -1.85. The van der Waals surface area contributed by atoms with Crippen molar-refractivity contribution in [2.45, 2.75) is 52.4 Å². The van der Waals surface area contributed by atoms with Gasteiger partial charge in [-0.3, -0.25) is 14.3 Å². The van der Waals surface area contributed by atoms with Gasteiger partial charge in [0.1, 0.15) is 0 Å². The second-order valence-electron chi connectivity index (χ2n) is 7.20. The predicted molar refractivity (Wildman–Crippen MR) is 89.7 cm³/mol. The normalized spacial score (nSPS) is 26.0. The highest BCUT2D eigenvalue weighted by molar-refractivity contribution is 5.83. The Kier molecular flexibility index (Phi) is 4.40.